The largest absolute Gasteiger partial charge is 0.490 e. The topological polar surface area (TPSA) is 365 Å². The number of aromatic nitrogens is 6. The third-order valence-corrected chi connectivity index (χ3v) is 9.54. The lowest BCUT2D eigenvalue weighted by molar-refractivity contribution is -0.0503. The molecular weight excluding hydrogens is 668 g/mol. The van der Waals surface area contributed by atoms with Crippen LogP contribution in [-0.4, -0.2) is 84.2 Å². The standard InChI is InChI=1S/C10H16N5O13P3.C6H8N3O2P/c11-8-5-9(13-2-12-8)15(3-14-5)10-7(17)6(16)4(26-10)1-25-30(21,22)28-31(23,24)27-29(18,19)20;1-4-8-2-5(3-12(10)11)6(7)9-4/h2-4,6-7,10,16-17H,1H2,(H,21,22)(H,23,24)(H2,11,12,13)(H2,18,19,20);2H,3H2,1H3,(H2,7,8,9)/t4-,6-,7-,10-;/m1./s1. The van der Waals surface area contributed by atoms with Gasteiger partial charge < -0.3 is 46.0 Å². The van der Waals surface area contributed by atoms with Gasteiger partial charge in [-0.2, -0.15) is 8.62 Å². The van der Waals surface area contributed by atoms with Crippen LogP contribution in [0.25, 0.3) is 11.2 Å². The molecule has 23 nitrogen and oxygen atoms in total. The number of hydrogen-bond acceptors (Lipinski definition) is 18. The van der Waals surface area contributed by atoms with Crippen molar-refractivity contribution in [2.75, 3.05) is 18.1 Å². The van der Waals surface area contributed by atoms with Crippen LogP contribution in [0.4, 0.5) is 11.6 Å². The van der Waals surface area contributed by atoms with Gasteiger partial charge in [0.1, 0.15) is 41.8 Å². The third kappa shape index (κ3) is 9.70. The molecule has 1 saturated heterocycles. The summed E-state index contributed by atoms with van der Waals surface area (Å²) in [7, 11) is -19.1. The van der Waals surface area contributed by atoms with Gasteiger partial charge in [-0.05, 0) is 6.92 Å². The maximum atomic E-state index is 11.8. The molecule has 6 atom stereocenters. The fraction of sp³-hybridized carbons (Fsp3) is 0.438. The molecule has 0 bridgehead atoms. The zero-order valence-electron chi connectivity index (χ0n) is 21.4. The van der Waals surface area contributed by atoms with Crippen LogP contribution in [0.2, 0.25) is 0 Å². The quantitative estimate of drug-likeness (QED) is 0.123. The van der Waals surface area contributed by atoms with Crippen LogP contribution in [0.1, 0.15) is 17.6 Å². The predicted molar refractivity (Wildman–Crippen MR) is 139 cm³/mol. The first kappa shape index (κ1) is 34.9. The van der Waals surface area contributed by atoms with E-state index in [1.807, 2.05) is 0 Å². The van der Waals surface area contributed by atoms with Gasteiger partial charge in [0.15, 0.2) is 17.7 Å². The number of aliphatic hydroxyl groups is 2. The van der Waals surface area contributed by atoms with E-state index in [4.69, 9.17) is 30.9 Å². The van der Waals surface area contributed by atoms with Crippen molar-refractivity contribution in [1.82, 2.24) is 29.5 Å². The molecular formula is C16H24N8O15P4. The van der Waals surface area contributed by atoms with Crippen LogP contribution in [-0.2, 0) is 46.9 Å². The molecule has 238 valence electrons. The minimum Gasteiger partial charge on any atom is -0.387 e. The Hall–Kier alpha value is -2.58. The smallest absolute Gasteiger partial charge is 0.387 e. The van der Waals surface area contributed by atoms with Crippen LogP contribution < -0.4 is 11.5 Å². The molecule has 0 radical (unpaired) electrons. The van der Waals surface area contributed by atoms with Gasteiger partial charge in [0.25, 0.3) is 0 Å². The van der Waals surface area contributed by atoms with Crippen molar-refractivity contribution in [3.8, 4) is 0 Å². The maximum absolute atomic E-state index is 11.8. The number of nitrogen functional groups attached to an aromatic ring is 2. The van der Waals surface area contributed by atoms with Crippen molar-refractivity contribution >= 4 is 53.9 Å². The highest BCUT2D eigenvalue weighted by Crippen LogP contribution is 2.66. The van der Waals surface area contributed by atoms with Crippen molar-refractivity contribution in [2.24, 2.45) is 0 Å². The number of ether oxygens (including phenoxy) is 1. The highest BCUT2D eigenvalue weighted by Gasteiger charge is 2.47. The Kier molecular flexibility index (Phi) is 11.0. The van der Waals surface area contributed by atoms with E-state index in [0.29, 0.717) is 11.4 Å². The van der Waals surface area contributed by atoms with Gasteiger partial charge in [0, 0.05) is 11.8 Å². The van der Waals surface area contributed by atoms with Crippen molar-refractivity contribution in [3.63, 3.8) is 0 Å². The Morgan fingerprint density at radius 3 is 2.26 bits per heavy atom. The molecule has 3 aromatic heterocycles. The number of nitrogens with two attached hydrogens (primary N) is 2. The second kappa shape index (κ2) is 13.6. The number of phosphoric ester groups is 1. The van der Waals surface area contributed by atoms with Gasteiger partial charge in [-0.1, -0.05) is 0 Å². The summed E-state index contributed by atoms with van der Waals surface area (Å²) in [6.45, 7) is 0.736. The number of rotatable bonds is 10. The van der Waals surface area contributed by atoms with Gasteiger partial charge in [-0.15, -0.1) is 0 Å². The second-order valence-corrected chi connectivity index (χ2v) is 13.7. The summed E-state index contributed by atoms with van der Waals surface area (Å²) in [4.78, 5) is 54.9. The first-order valence-electron chi connectivity index (χ1n) is 11.2. The number of fused-ring (bicyclic) bond motifs is 1. The van der Waals surface area contributed by atoms with Crippen LogP contribution in [0.5, 0.6) is 0 Å². The number of aryl methyl sites for hydroxylation is 1. The summed E-state index contributed by atoms with van der Waals surface area (Å²) < 4.78 is 72.5. The lowest BCUT2D eigenvalue weighted by Gasteiger charge is -2.19. The van der Waals surface area contributed by atoms with Crippen molar-refractivity contribution < 1.29 is 70.5 Å². The molecule has 27 heteroatoms. The molecule has 1 fully saturated rings. The van der Waals surface area contributed by atoms with Crippen molar-refractivity contribution in [1.29, 1.82) is 0 Å². The van der Waals surface area contributed by atoms with Gasteiger partial charge in [0.05, 0.1) is 19.1 Å². The normalized spacial score (nSPS) is 23.2. The molecule has 4 rings (SSSR count). The molecule has 10 N–H and O–H groups in total. The Bertz CT molecular complexity index is 1670. The Morgan fingerprint density at radius 2 is 1.65 bits per heavy atom. The number of aliphatic hydroxyl groups excluding tert-OH is 2. The lowest BCUT2D eigenvalue weighted by atomic mass is 10.1. The fourth-order valence-electron chi connectivity index (χ4n) is 3.40. The highest BCUT2D eigenvalue weighted by molar-refractivity contribution is 7.66. The summed E-state index contributed by atoms with van der Waals surface area (Å²) in [6.07, 6.45) is -2.35. The van der Waals surface area contributed by atoms with E-state index >= 15 is 0 Å². The average molecular weight is 692 g/mol. The van der Waals surface area contributed by atoms with Crippen molar-refractivity contribution in [2.45, 2.75) is 37.6 Å². The molecule has 0 spiro atoms. The first-order valence-corrected chi connectivity index (χ1v) is 17.1. The van der Waals surface area contributed by atoms with Gasteiger partial charge in [-0.25, -0.2) is 47.7 Å². The number of hydrogen-bond donors (Lipinski definition) is 8. The molecule has 43 heavy (non-hydrogen) atoms. The highest BCUT2D eigenvalue weighted by atomic mass is 31.3. The molecule has 4 heterocycles. The van der Waals surface area contributed by atoms with E-state index in [-0.39, 0.29) is 29.0 Å². The minimum atomic E-state index is -5.70. The van der Waals surface area contributed by atoms with E-state index in [1.54, 1.807) is 6.92 Å². The first-order chi connectivity index (χ1) is 19.8. The van der Waals surface area contributed by atoms with Crippen LogP contribution >= 0.6 is 31.1 Å². The monoisotopic (exact) mass is 692 g/mol. The average Bonchev–Trinajstić information content (AvgIpc) is 3.39. The van der Waals surface area contributed by atoms with Crippen LogP contribution in [0, 0.1) is 6.92 Å². The number of imidazole rings is 1. The van der Waals surface area contributed by atoms with Crippen molar-refractivity contribution in [3.05, 3.63) is 30.2 Å². The number of nitrogens with zero attached hydrogens (tertiary/aromatic N) is 6. The van der Waals surface area contributed by atoms with E-state index < -0.39 is 62.3 Å². The summed E-state index contributed by atoms with van der Waals surface area (Å²) in [5.41, 5.74) is 11.9. The molecule has 2 unspecified atom stereocenters. The van der Waals surface area contributed by atoms with E-state index in [9.17, 15) is 37.9 Å². The Balaban J connectivity index is 0.000000353. The minimum absolute atomic E-state index is 0.0426. The third-order valence-electron chi connectivity index (χ3n) is 5.13. The molecule has 3 aromatic rings. The number of phosphoric acid groups is 3. The molecule has 1 aliphatic rings. The lowest BCUT2D eigenvalue weighted by Crippen LogP contribution is -2.33. The number of anilines is 2. The van der Waals surface area contributed by atoms with E-state index in [1.165, 1.54) is 17.1 Å². The second-order valence-electron chi connectivity index (χ2n) is 8.33. The summed E-state index contributed by atoms with van der Waals surface area (Å²) in [6, 6.07) is 0. The summed E-state index contributed by atoms with van der Waals surface area (Å²) in [5, 5.41) is 20.4. The van der Waals surface area contributed by atoms with Crippen LogP contribution in [0.15, 0.2) is 18.9 Å². The molecule has 0 amide bonds. The summed E-state index contributed by atoms with van der Waals surface area (Å²) in [5.74, 6) is 0.820. The van der Waals surface area contributed by atoms with Gasteiger partial charge in [0.2, 0.25) is 0 Å². The molecule has 0 aromatic carbocycles. The zero-order valence-corrected chi connectivity index (χ0v) is 25.0. The van der Waals surface area contributed by atoms with Gasteiger partial charge >= 0.3 is 31.1 Å². The maximum Gasteiger partial charge on any atom is 0.490 e. The van der Waals surface area contributed by atoms with Gasteiger partial charge in [-0.3, -0.25) is 9.09 Å². The molecule has 0 saturated carbocycles. The SMILES string of the molecule is Cc1ncc(CP(=O)=O)c(N)n1.Nc1ncnc2c1ncn2[C@@H]1O[C@H](COP(=O)(O)OP(=O)(O)OP(=O)(O)O)[C@@H](O)[C@H]1O. The zero-order chi connectivity index (χ0) is 32.3. The van der Waals surface area contributed by atoms with E-state index in [0.717, 1.165) is 6.33 Å². The Morgan fingerprint density at radius 1 is 0.977 bits per heavy atom. The molecule has 0 aliphatic carbocycles. The van der Waals surface area contributed by atoms with E-state index in [2.05, 4.69) is 38.1 Å². The van der Waals surface area contributed by atoms with Crippen LogP contribution in [0.3, 0.4) is 0 Å². The summed E-state index contributed by atoms with van der Waals surface area (Å²) >= 11 is 0. The predicted octanol–water partition coefficient (Wildman–Crippen LogP) is -0.589. The fourth-order valence-corrected chi connectivity index (χ4v) is 6.95. The molecule has 1 aliphatic heterocycles. The Labute approximate surface area is 240 Å².